The van der Waals surface area contributed by atoms with Gasteiger partial charge in [0.15, 0.2) is 0 Å². The Hall–Kier alpha value is -1.48. The van der Waals surface area contributed by atoms with E-state index in [1.807, 2.05) is 0 Å². The lowest BCUT2D eigenvalue weighted by molar-refractivity contribution is -0.138. The van der Waals surface area contributed by atoms with Crippen molar-refractivity contribution in [3.05, 3.63) is 29.8 Å². The van der Waals surface area contributed by atoms with Crippen LogP contribution in [0.2, 0.25) is 0 Å². The third-order valence-corrected chi connectivity index (χ3v) is 7.35. The summed E-state index contributed by atoms with van der Waals surface area (Å²) in [5.74, 6) is -1.04. The number of aliphatic carboxylic acids is 1. The Labute approximate surface area is 228 Å². The molecule has 38 heavy (non-hydrogen) atoms. The number of hydrogen-bond acceptors (Lipinski definition) is 7. The fourth-order valence-electron chi connectivity index (χ4n) is 4.10. The van der Waals surface area contributed by atoms with E-state index in [0.29, 0.717) is 12.2 Å². The number of phosphoric acid groups is 1. The Morgan fingerprint density at radius 2 is 1.39 bits per heavy atom. The highest BCUT2D eigenvalue weighted by Crippen LogP contribution is 2.45. The Kier molecular flexibility index (Phi) is 19.4. The molecule has 0 saturated heterocycles. The summed E-state index contributed by atoms with van der Waals surface area (Å²) in [7, 11) is -4.50. The maximum atomic E-state index is 12.3. The first-order valence-corrected chi connectivity index (χ1v) is 15.7. The molecule has 9 nitrogen and oxygen atoms in total. The van der Waals surface area contributed by atoms with Crippen LogP contribution in [-0.4, -0.2) is 53.0 Å². The minimum atomic E-state index is -4.50. The number of aliphatic hydroxyl groups is 1. The molecular weight excluding hydrogens is 509 g/mol. The highest BCUT2D eigenvalue weighted by Gasteiger charge is 2.28. The second kappa shape index (κ2) is 21.4. The molecule has 5 N–H and O–H groups in total. The fraction of sp³-hybridized carbons (Fsp3) is 0.750. The number of unbranched alkanes of at least 4 members (excludes halogenated alkanes) is 13. The number of phosphoric ester groups is 1. The van der Waals surface area contributed by atoms with E-state index in [1.54, 1.807) is 12.1 Å². The second-order valence-electron chi connectivity index (χ2n) is 9.93. The largest absolute Gasteiger partial charge is 0.527 e. The van der Waals surface area contributed by atoms with Gasteiger partial charge in [-0.25, -0.2) is 4.57 Å². The molecule has 1 rings (SSSR count). The van der Waals surface area contributed by atoms with Crippen LogP contribution in [0.15, 0.2) is 24.3 Å². The van der Waals surface area contributed by atoms with Gasteiger partial charge < -0.3 is 25.2 Å². The molecule has 0 bridgehead atoms. The van der Waals surface area contributed by atoms with Gasteiger partial charge in [0.2, 0.25) is 0 Å². The van der Waals surface area contributed by atoms with Crippen molar-refractivity contribution in [2.24, 2.45) is 5.73 Å². The molecule has 0 saturated carbocycles. The van der Waals surface area contributed by atoms with Crippen molar-refractivity contribution in [1.29, 1.82) is 0 Å². The Morgan fingerprint density at radius 3 is 1.87 bits per heavy atom. The zero-order valence-electron chi connectivity index (χ0n) is 23.1. The van der Waals surface area contributed by atoms with Crippen molar-refractivity contribution < 1.29 is 38.3 Å². The molecule has 0 aromatic heterocycles. The van der Waals surface area contributed by atoms with E-state index in [2.05, 4.69) is 6.92 Å². The summed E-state index contributed by atoms with van der Waals surface area (Å²) in [6, 6.07) is 4.93. The fourth-order valence-corrected chi connectivity index (χ4v) is 5.04. The molecule has 0 aliphatic heterocycles. The van der Waals surface area contributed by atoms with Crippen LogP contribution in [0.1, 0.15) is 102 Å². The van der Waals surface area contributed by atoms with E-state index < -0.39 is 32.5 Å². The number of carbonyl (C=O) groups is 1. The first-order chi connectivity index (χ1) is 18.3. The van der Waals surface area contributed by atoms with Crippen LogP contribution in [0, 0.1) is 0 Å². The van der Waals surface area contributed by atoms with Gasteiger partial charge in [0, 0.05) is 6.61 Å². The molecule has 3 atom stereocenters. The molecule has 0 radical (unpaired) electrons. The number of aliphatic hydroxyl groups excluding tert-OH is 1. The van der Waals surface area contributed by atoms with Crippen molar-refractivity contribution in [3.8, 4) is 5.75 Å². The monoisotopic (exact) mass is 559 g/mol. The summed E-state index contributed by atoms with van der Waals surface area (Å²) in [6.45, 7) is 2.24. The minimum absolute atomic E-state index is 0.0190. The minimum Gasteiger partial charge on any atom is -0.480 e. The van der Waals surface area contributed by atoms with Crippen LogP contribution >= 0.6 is 7.82 Å². The molecular formula is C28H50NO8P. The summed E-state index contributed by atoms with van der Waals surface area (Å²) in [5.41, 5.74) is 6.15. The summed E-state index contributed by atoms with van der Waals surface area (Å²) >= 11 is 0. The first kappa shape index (κ1) is 34.5. The summed E-state index contributed by atoms with van der Waals surface area (Å²) in [6.07, 6.45) is 17.0. The summed E-state index contributed by atoms with van der Waals surface area (Å²) in [5, 5.41) is 18.4. The maximum Gasteiger partial charge on any atom is 0.527 e. The van der Waals surface area contributed by atoms with Crippen LogP contribution in [-0.2, 0) is 25.0 Å². The van der Waals surface area contributed by atoms with E-state index >= 15 is 0 Å². The Bertz CT molecular complexity index is 777. The van der Waals surface area contributed by atoms with Gasteiger partial charge in [-0.05, 0) is 30.5 Å². The van der Waals surface area contributed by atoms with E-state index in [1.165, 1.54) is 89.2 Å². The topological polar surface area (TPSA) is 149 Å². The van der Waals surface area contributed by atoms with E-state index in [-0.39, 0.29) is 18.8 Å². The van der Waals surface area contributed by atoms with E-state index in [9.17, 15) is 19.4 Å². The second-order valence-corrected chi connectivity index (χ2v) is 11.3. The number of ether oxygens (including phenoxy) is 1. The first-order valence-electron chi connectivity index (χ1n) is 14.2. The Morgan fingerprint density at radius 1 is 0.895 bits per heavy atom. The van der Waals surface area contributed by atoms with Crippen LogP contribution < -0.4 is 10.3 Å². The van der Waals surface area contributed by atoms with Gasteiger partial charge in [-0.1, -0.05) is 103 Å². The third kappa shape index (κ3) is 17.9. The van der Waals surface area contributed by atoms with Gasteiger partial charge in [0.1, 0.15) is 17.9 Å². The summed E-state index contributed by atoms with van der Waals surface area (Å²) in [4.78, 5) is 20.9. The smallest absolute Gasteiger partial charge is 0.480 e. The number of nitrogens with two attached hydrogens (primary N) is 1. The number of carboxylic acids is 1. The van der Waals surface area contributed by atoms with Crippen molar-refractivity contribution in [2.45, 2.75) is 115 Å². The highest BCUT2D eigenvalue weighted by atomic mass is 31.2. The Balaban J connectivity index is 2.11. The molecule has 1 aromatic rings. The maximum absolute atomic E-state index is 12.3. The van der Waals surface area contributed by atoms with Crippen molar-refractivity contribution in [3.63, 3.8) is 0 Å². The molecule has 1 unspecified atom stereocenters. The van der Waals surface area contributed by atoms with E-state index in [4.69, 9.17) is 24.6 Å². The standard InChI is InChI=1S/C28H50NO8P/c1-2-3-4-5-6-7-8-9-10-11-12-13-14-15-20-35-23-26(22-30)37-38(33,34)36-25-18-16-24(17-19-25)21-27(29)28(31)32/h16-19,26-27,30H,2-15,20-23,29H2,1H3,(H,31,32)(H,33,34)/t26-,27-/m0/s1. The molecule has 1 aromatic carbocycles. The molecule has 0 aliphatic rings. The van der Waals surface area contributed by atoms with Gasteiger partial charge in [-0.2, -0.15) is 0 Å². The predicted molar refractivity (Wildman–Crippen MR) is 149 cm³/mol. The van der Waals surface area contributed by atoms with Crippen molar-refractivity contribution in [1.82, 2.24) is 0 Å². The number of carboxylic acid groups (broad SMARTS) is 1. The highest BCUT2D eigenvalue weighted by molar-refractivity contribution is 7.47. The average Bonchev–Trinajstić information content (AvgIpc) is 2.88. The average molecular weight is 560 g/mol. The lowest BCUT2D eigenvalue weighted by Crippen LogP contribution is -2.32. The zero-order valence-corrected chi connectivity index (χ0v) is 24.0. The normalized spacial score (nSPS) is 14.6. The molecule has 0 fully saturated rings. The van der Waals surface area contributed by atoms with Gasteiger partial charge in [-0.15, -0.1) is 0 Å². The number of benzene rings is 1. The van der Waals surface area contributed by atoms with Crippen molar-refractivity contribution in [2.75, 3.05) is 19.8 Å². The predicted octanol–water partition coefficient (Wildman–Crippen LogP) is 6.00. The van der Waals surface area contributed by atoms with Gasteiger partial charge >= 0.3 is 13.8 Å². The SMILES string of the molecule is CCCCCCCCCCCCCCCCOC[C@H](CO)OP(=O)(O)Oc1ccc(C[C@H](N)C(=O)O)cc1. The molecule has 10 heteroatoms. The quantitative estimate of drug-likeness (QED) is 0.0836. The lowest BCUT2D eigenvalue weighted by atomic mass is 10.0. The lowest BCUT2D eigenvalue weighted by Gasteiger charge is -2.19. The van der Waals surface area contributed by atoms with E-state index in [0.717, 1.165) is 12.8 Å². The third-order valence-electron chi connectivity index (χ3n) is 6.35. The van der Waals surface area contributed by atoms with Crippen LogP contribution in [0.4, 0.5) is 0 Å². The van der Waals surface area contributed by atoms with Crippen LogP contribution in [0.3, 0.4) is 0 Å². The van der Waals surface area contributed by atoms with Crippen LogP contribution in [0.5, 0.6) is 5.75 Å². The zero-order chi connectivity index (χ0) is 28.1. The summed E-state index contributed by atoms with van der Waals surface area (Å²) < 4.78 is 28.0. The van der Waals surface area contributed by atoms with Gasteiger partial charge in [-0.3, -0.25) is 14.2 Å². The number of hydrogen-bond donors (Lipinski definition) is 4. The molecule has 0 amide bonds. The van der Waals surface area contributed by atoms with Gasteiger partial charge in [0.05, 0.1) is 13.2 Å². The van der Waals surface area contributed by atoms with Crippen LogP contribution in [0.25, 0.3) is 0 Å². The molecule has 220 valence electrons. The molecule has 0 heterocycles. The van der Waals surface area contributed by atoms with Crippen molar-refractivity contribution >= 4 is 13.8 Å². The molecule has 0 aliphatic carbocycles. The molecule has 0 spiro atoms. The number of rotatable bonds is 25. The van der Waals surface area contributed by atoms with Gasteiger partial charge in [0.25, 0.3) is 0 Å².